The first-order valence-electron chi connectivity index (χ1n) is 14.1. The Morgan fingerprint density at radius 2 is 1.61 bits per heavy atom. The van der Waals surface area contributed by atoms with Gasteiger partial charge < -0.3 is 24.7 Å². The molecule has 4 aromatic heterocycles. The number of halogens is 4. The van der Waals surface area contributed by atoms with E-state index in [1.54, 1.807) is 18.3 Å². The van der Waals surface area contributed by atoms with Crippen LogP contribution in [-0.4, -0.2) is 53.7 Å². The van der Waals surface area contributed by atoms with Gasteiger partial charge in [0.25, 0.3) is 0 Å². The molecule has 0 aliphatic carbocycles. The SMILES string of the molecule is O=C(OCCC1CCC(n2ccnc2-c2ccccc2Nc2nc(Cl)ncc2Cl)OC1)c1cccnc1Nc1nc(Cl)ncc1Cl. The van der Waals surface area contributed by atoms with E-state index in [0.717, 1.165) is 29.9 Å². The first kappa shape index (κ1) is 31.9. The van der Waals surface area contributed by atoms with Crippen molar-refractivity contribution in [3.8, 4) is 11.4 Å². The average molecular weight is 701 g/mol. The Kier molecular flexibility index (Phi) is 10.1. The molecule has 1 aromatic carbocycles. The molecule has 236 valence electrons. The number of carbonyl (C=O) groups excluding carboxylic acids is 1. The molecule has 1 aliphatic rings. The Labute approximate surface area is 283 Å². The number of para-hydroxylation sites is 1. The molecule has 5 heterocycles. The number of imidazole rings is 1. The lowest BCUT2D eigenvalue weighted by Crippen LogP contribution is -2.26. The smallest absolute Gasteiger partial charge is 0.341 e. The third kappa shape index (κ3) is 7.48. The molecule has 6 rings (SSSR count). The molecule has 0 amide bonds. The molecule has 2 atom stereocenters. The fraction of sp³-hybridized carbons (Fsp3) is 0.233. The van der Waals surface area contributed by atoms with Crippen molar-refractivity contribution in [2.24, 2.45) is 5.92 Å². The zero-order chi connectivity index (χ0) is 32.0. The fourth-order valence-corrected chi connectivity index (χ4v) is 5.50. The molecule has 0 bridgehead atoms. The minimum absolute atomic E-state index is 0.00432. The lowest BCUT2D eigenvalue weighted by Gasteiger charge is -2.30. The van der Waals surface area contributed by atoms with E-state index in [0.29, 0.717) is 23.9 Å². The van der Waals surface area contributed by atoms with Crippen molar-refractivity contribution in [3.63, 3.8) is 0 Å². The van der Waals surface area contributed by atoms with Crippen molar-refractivity contribution in [2.45, 2.75) is 25.5 Å². The molecule has 1 fully saturated rings. The van der Waals surface area contributed by atoms with E-state index in [-0.39, 0.29) is 51.5 Å². The number of anilines is 4. The van der Waals surface area contributed by atoms with Crippen molar-refractivity contribution in [3.05, 3.63) is 93.6 Å². The molecule has 12 nitrogen and oxygen atoms in total. The van der Waals surface area contributed by atoms with Gasteiger partial charge in [-0.2, -0.15) is 9.97 Å². The predicted octanol–water partition coefficient (Wildman–Crippen LogP) is 7.80. The van der Waals surface area contributed by atoms with E-state index in [1.807, 2.05) is 35.0 Å². The van der Waals surface area contributed by atoms with Gasteiger partial charge in [0.2, 0.25) is 10.6 Å². The second-order valence-corrected chi connectivity index (χ2v) is 11.7. The Morgan fingerprint density at radius 3 is 2.35 bits per heavy atom. The molecular formula is C30H25Cl4N9O3. The summed E-state index contributed by atoms with van der Waals surface area (Å²) in [7, 11) is 0. The largest absolute Gasteiger partial charge is 0.462 e. The second-order valence-electron chi connectivity index (χ2n) is 10.2. The van der Waals surface area contributed by atoms with E-state index < -0.39 is 5.97 Å². The number of hydrogen-bond acceptors (Lipinski definition) is 11. The summed E-state index contributed by atoms with van der Waals surface area (Å²) >= 11 is 24.3. The van der Waals surface area contributed by atoms with Crippen LogP contribution in [0.5, 0.6) is 0 Å². The van der Waals surface area contributed by atoms with Crippen molar-refractivity contribution in [1.82, 2.24) is 34.5 Å². The quantitative estimate of drug-likeness (QED) is 0.109. The minimum atomic E-state index is -0.526. The highest BCUT2D eigenvalue weighted by Gasteiger charge is 2.26. The van der Waals surface area contributed by atoms with Gasteiger partial charge in [0, 0.05) is 24.2 Å². The van der Waals surface area contributed by atoms with Crippen molar-refractivity contribution in [2.75, 3.05) is 23.8 Å². The monoisotopic (exact) mass is 699 g/mol. The van der Waals surface area contributed by atoms with Gasteiger partial charge in [-0.05, 0) is 72.6 Å². The van der Waals surface area contributed by atoms with Crippen LogP contribution in [-0.2, 0) is 9.47 Å². The number of hydrogen-bond donors (Lipinski definition) is 2. The minimum Gasteiger partial charge on any atom is -0.462 e. The average Bonchev–Trinajstić information content (AvgIpc) is 3.55. The first-order chi connectivity index (χ1) is 22.4. The Hall–Kier alpha value is -4.07. The van der Waals surface area contributed by atoms with Crippen LogP contribution in [0.2, 0.25) is 20.6 Å². The number of esters is 1. The zero-order valence-electron chi connectivity index (χ0n) is 23.9. The maximum absolute atomic E-state index is 12.9. The number of aromatic nitrogens is 7. The van der Waals surface area contributed by atoms with Gasteiger partial charge in [-0.15, -0.1) is 0 Å². The van der Waals surface area contributed by atoms with Crippen LogP contribution in [0.1, 0.15) is 35.8 Å². The van der Waals surface area contributed by atoms with Crippen LogP contribution in [0.3, 0.4) is 0 Å². The van der Waals surface area contributed by atoms with E-state index >= 15 is 0 Å². The van der Waals surface area contributed by atoms with E-state index in [2.05, 4.69) is 40.5 Å². The zero-order valence-corrected chi connectivity index (χ0v) is 26.9. The highest BCUT2D eigenvalue weighted by atomic mass is 35.5. The second kappa shape index (κ2) is 14.6. The number of nitrogens with zero attached hydrogens (tertiary/aromatic N) is 7. The van der Waals surface area contributed by atoms with E-state index in [9.17, 15) is 4.79 Å². The summed E-state index contributed by atoms with van der Waals surface area (Å²) in [6, 6.07) is 10.9. The Morgan fingerprint density at radius 1 is 0.870 bits per heavy atom. The van der Waals surface area contributed by atoms with E-state index in [1.165, 1.54) is 18.6 Å². The molecule has 1 aliphatic heterocycles. The number of ether oxygens (including phenoxy) is 2. The van der Waals surface area contributed by atoms with Gasteiger partial charge in [0.1, 0.15) is 33.5 Å². The third-order valence-electron chi connectivity index (χ3n) is 7.20. The van der Waals surface area contributed by atoms with Crippen LogP contribution in [0.25, 0.3) is 11.4 Å². The standard InChI is InChI=1S/C30H25Cl4N9O3/c31-20-14-37-29(33)41-25(20)39-22-6-2-1-4-18(22)27-36-11-12-43(27)23-8-7-17(16-46-23)9-13-45-28(44)19-5-3-10-35-24(19)40-26-21(32)15-38-30(34)42-26/h1-6,10-12,14-15,17,23H,7-9,13,16H2,(H,37,39,41)(H,35,38,40,42). The summed E-state index contributed by atoms with van der Waals surface area (Å²) < 4.78 is 13.9. The maximum Gasteiger partial charge on any atom is 0.341 e. The maximum atomic E-state index is 12.9. The Bertz CT molecular complexity index is 1850. The Balaban J connectivity index is 1.05. The number of benzene rings is 1. The first-order valence-corrected chi connectivity index (χ1v) is 15.6. The van der Waals surface area contributed by atoms with E-state index in [4.69, 9.17) is 55.9 Å². The molecular weight excluding hydrogens is 676 g/mol. The van der Waals surface area contributed by atoms with Gasteiger partial charge >= 0.3 is 5.97 Å². The van der Waals surface area contributed by atoms with Crippen molar-refractivity contribution < 1.29 is 14.3 Å². The number of pyridine rings is 1. The molecule has 0 spiro atoms. The lowest BCUT2D eigenvalue weighted by atomic mass is 9.97. The normalized spacial score (nSPS) is 16.2. The summed E-state index contributed by atoms with van der Waals surface area (Å²) in [4.78, 5) is 37.8. The van der Waals surface area contributed by atoms with Crippen LogP contribution >= 0.6 is 46.4 Å². The van der Waals surface area contributed by atoms with Crippen LogP contribution < -0.4 is 10.6 Å². The molecule has 0 saturated carbocycles. The topological polar surface area (TPSA) is 142 Å². The van der Waals surface area contributed by atoms with Crippen LogP contribution in [0, 0.1) is 5.92 Å². The molecule has 16 heteroatoms. The number of carbonyl (C=O) groups is 1. The van der Waals surface area contributed by atoms with Gasteiger partial charge in [0.05, 0.1) is 31.3 Å². The summed E-state index contributed by atoms with van der Waals surface area (Å²) in [5.74, 6) is 1.27. The van der Waals surface area contributed by atoms with Crippen molar-refractivity contribution in [1.29, 1.82) is 0 Å². The summed E-state index contributed by atoms with van der Waals surface area (Å²) in [5, 5.41) is 6.83. The van der Waals surface area contributed by atoms with Gasteiger partial charge in [-0.3, -0.25) is 0 Å². The highest BCUT2D eigenvalue weighted by Crippen LogP contribution is 2.36. The van der Waals surface area contributed by atoms with Crippen molar-refractivity contribution >= 4 is 75.5 Å². The lowest BCUT2D eigenvalue weighted by molar-refractivity contribution is -0.0624. The number of nitrogens with one attached hydrogen (secondary N) is 2. The fourth-order valence-electron chi connectivity index (χ4n) is 4.95. The molecule has 5 aromatic rings. The summed E-state index contributed by atoms with van der Waals surface area (Å²) in [5.41, 5.74) is 1.82. The molecule has 2 N–H and O–H groups in total. The molecule has 0 radical (unpaired) electrons. The summed E-state index contributed by atoms with van der Waals surface area (Å²) in [6.45, 7) is 0.721. The molecule has 1 saturated heterocycles. The van der Waals surface area contributed by atoms with Gasteiger partial charge in [-0.25, -0.2) is 24.7 Å². The summed E-state index contributed by atoms with van der Waals surface area (Å²) in [6.07, 6.45) is 10.0. The third-order valence-corrected chi connectivity index (χ3v) is 8.12. The predicted molar refractivity (Wildman–Crippen MR) is 175 cm³/mol. The van der Waals surface area contributed by atoms with Crippen LogP contribution in [0.4, 0.5) is 23.1 Å². The van der Waals surface area contributed by atoms with Gasteiger partial charge in [0.15, 0.2) is 11.6 Å². The number of rotatable bonds is 10. The van der Waals surface area contributed by atoms with Gasteiger partial charge in [-0.1, -0.05) is 35.3 Å². The van der Waals surface area contributed by atoms with Crippen LogP contribution in [0.15, 0.2) is 67.4 Å². The molecule has 2 unspecified atom stereocenters. The molecule has 46 heavy (non-hydrogen) atoms. The highest BCUT2D eigenvalue weighted by molar-refractivity contribution is 6.34.